The number of amides is 1. The normalized spacial score (nSPS) is 19.3. The first kappa shape index (κ1) is 42.8. The number of allylic oxidation sites excluding steroid dienone is 2. The number of ether oxygens (including phenoxy) is 4. The minimum Gasteiger partial charge on any atom is -0.507 e. The fourth-order valence-corrected chi connectivity index (χ4v) is 6.08. The summed E-state index contributed by atoms with van der Waals surface area (Å²) in [5.41, 5.74) is 1.10. The third kappa shape index (κ3) is 10.5. The molecule has 2 aromatic heterocycles. The van der Waals surface area contributed by atoms with Gasteiger partial charge in [-0.15, -0.1) is 5.10 Å². The van der Waals surface area contributed by atoms with E-state index in [2.05, 4.69) is 15.6 Å². The third-order valence-corrected chi connectivity index (χ3v) is 9.25. The number of rotatable bonds is 18. The van der Waals surface area contributed by atoms with Crippen molar-refractivity contribution in [3.8, 4) is 34.3 Å². The number of carbonyl (C=O) groups is 2. The van der Waals surface area contributed by atoms with Crippen molar-refractivity contribution in [2.24, 2.45) is 0 Å². The van der Waals surface area contributed by atoms with Crippen LogP contribution in [0, 0.1) is 0 Å². The molecular formula is C39H48N4O14. The molecule has 2 aromatic carbocycles. The van der Waals surface area contributed by atoms with Gasteiger partial charge in [0.15, 0.2) is 12.0 Å². The van der Waals surface area contributed by atoms with Gasteiger partial charge in [-0.25, -0.2) is 4.68 Å². The molecule has 1 aliphatic heterocycles. The number of hydrogen-bond donors (Lipinski definition) is 7. The van der Waals surface area contributed by atoms with Gasteiger partial charge in [0.25, 0.3) is 0 Å². The largest absolute Gasteiger partial charge is 0.507 e. The van der Waals surface area contributed by atoms with E-state index in [1.54, 1.807) is 24.3 Å². The van der Waals surface area contributed by atoms with Crippen LogP contribution in [0.1, 0.15) is 63.4 Å². The first-order valence-electron chi connectivity index (χ1n) is 18.4. The molecule has 4 aromatic rings. The Balaban J connectivity index is 1.10. The van der Waals surface area contributed by atoms with E-state index >= 15 is 0 Å². The van der Waals surface area contributed by atoms with Crippen LogP contribution >= 0.6 is 0 Å². The van der Waals surface area contributed by atoms with E-state index in [0.29, 0.717) is 49.4 Å². The Morgan fingerprint density at radius 2 is 1.75 bits per heavy atom. The number of nitrogens with zero attached hydrogens (tertiary/aromatic N) is 3. The van der Waals surface area contributed by atoms with Gasteiger partial charge in [-0.2, -0.15) is 0 Å². The average molecular weight is 797 g/mol. The molecule has 5 rings (SSSR count). The van der Waals surface area contributed by atoms with E-state index in [-0.39, 0.29) is 53.9 Å². The van der Waals surface area contributed by atoms with Crippen molar-refractivity contribution in [2.45, 2.75) is 89.6 Å². The summed E-state index contributed by atoms with van der Waals surface area (Å²) >= 11 is 0. The monoisotopic (exact) mass is 796 g/mol. The van der Waals surface area contributed by atoms with Gasteiger partial charge in [0.2, 0.25) is 17.1 Å². The SMILES string of the molecule is COc1ccc(-c2oc3c(CC=C(C)C)c(O)cc(O)c3c(=O)c2OC(=O)CCC(=O)NCCCCCOCc2cn(C3O[C@H](CO)[C@@H](O)[C@H](O)[C@H]3O)nn2)cc1. The molecule has 18 heteroatoms. The summed E-state index contributed by atoms with van der Waals surface area (Å²) in [6.45, 7) is 4.01. The third-order valence-electron chi connectivity index (χ3n) is 9.25. The van der Waals surface area contributed by atoms with Crippen LogP contribution in [0.25, 0.3) is 22.3 Å². The number of carbonyl (C=O) groups excluding carboxylic acids is 2. The lowest BCUT2D eigenvalue weighted by molar-refractivity contribution is -0.254. The van der Waals surface area contributed by atoms with Crippen LogP contribution in [0.2, 0.25) is 0 Å². The Labute approximate surface area is 326 Å². The molecule has 7 N–H and O–H groups in total. The van der Waals surface area contributed by atoms with Crippen LogP contribution in [-0.4, -0.2) is 109 Å². The lowest BCUT2D eigenvalue weighted by atomic mass is 9.98. The number of esters is 1. The quantitative estimate of drug-likeness (QED) is 0.0432. The number of nitrogens with one attached hydrogen (secondary N) is 1. The van der Waals surface area contributed by atoms with Crippen LogP contribution in [0.5, 0.6) is 23.0 Å². The van der Waals surface area contributed by atoms with Crippen LogP contribution in [0.4, 0.5) is 0 Å². The molecule has 57 heavy (non-hydrogen) atoms. The molecule has 1 aliphatic rings. The second kappa shape index (κ2) is 19.7. The molecule has 3 heterocycles. The minimum atomic E-state index is -1.54. The molecule has 0 radical (unpaired) electrons. The lowest BCUT2D eigenvalue weighted by Crippen LogP contribution is -2.56. The highest BCUT2D eigenvalue weighted by atomic mass is 16.6. The molecule has 1 unspecified atom stereocenters. The molecular weight excluding hydrogens is 748 g/mol. The zero-order valence-electron chi connectivity index (χ0n) is 31.8. The summed E-state index contributed by atoms with van der Waals surface area (Å²) < 4.78 is 29.2. The van der Waals surface area contributed by atoms with E-state index in [4.69, 9.17) is 23.4 Å². The van der Waals surface area contributed by atoms with E-state index in [1.165, 1.54) is 18.0 Å². The summed E-state index contributed by atoms with van der Waals surface area (Å²) in [5.74, 6) is -2.17. The number of fused-ring (bicyclic) bond motifs is 1. The molecule has 1 saturated heterocycles. The molecule has 5 atom stereocenters. The maximum Gasteiger partial charge on any atom is 0.311 e. The number of aromatic nitrogens is 3. The van der Waals surface area contributed by atoms with Crippen molar-refractivity contribution in [1.82, 2.24) is 20.3 Å². The van der Waals surface area contributed by atoms with Gasteiger partial charge in [0, 0.05) is 36.8 Å². The molecule has 1 amide bonds. The summed E-state index contributed by atoms with van der Waals surface area (Å²) in [5, 5.41) is 71.3. The van der Waals surface area contributed by atoms with Crippen LogP contribution < -0.4 is 20.2 Å². The number of benzene rings is 2. The summed E-state index contributed by atoms with van der Waals surface area (Å²) in [7, 11) is 1.49. The number of aromatic hydroxyl groups is 2. The Bertz CT molecular complexity index is 2090. The van der Waals surface area contributed by atoms with Crippen LogP contribution in [0.15, 0.2) is 57.4 Å². The molecule has 0 bridgehead atoms. The summed E-state index contributed by atoms with van der Waals surface area (Å²) in [6, 6.07) is 7.48. The molecule has 0 aliphatic carbocycles. The first-order chi connectivity index (χ1) is 27.3. The van der Waals surface area contributed by atoms with Crippen molar-refractivity contribution in [3.63, 3.8) is 0 Å². The van der Waals surface area contributed by atoms with Crippen molar-refractivity contribution in [1.29, 1.82) is 0 Å². The second-order valence-corrected chi connectivity index (χ2v) is 13.7. The predicted molar refractivity (Wildman–Crippen MR) is 201 cm³/mol. The first-order valence-corrected chi connectivity index (χ1v) is 18.4. The number of aliphatic hydroxyl groups excluding tert-OH is 4. The smallest absolute Gasteiger partial charge is 0.311 e. The van der Waals surface area contributed by atoms with Crippen molar-refractivity contribution in [3.05, 3.63) is 69.7 Å². The number of phenolic OH excluding ortho intramolecular Hbond substituents is 2. The number of phenols is 2. The molecule has 0 saturated carbocycles. The predicted octanol–water partition coefficient (Wildman–Crippen LogP) is 2.14. The number of unbranched alkanes of at least 4 members (excludes halogenated alkanes) is 2. The Morgan fingerprint density at radius 1 is 1.00 bits per heavy atom. The van der Waals surface area contributed by atoms with E-state index in [9.17, 15) is 45.0 Å². The summed E-state index contributed by atoms with van der Waals surface area (Å²) in [4.78, 5) is 39.4. The van der Waals surface area contributed by atoms with Gasteiger partial charge in [-0.05, 0) is 63.8 Å². The maximum absolute atomic E-state index is 13.8. The van der Waals surface area contributed by atoms with Gasteiger partial charge in [0.05, 0.1) is 32.9 Å². The minimum absolute atomic E-state index is 0.0642. The fourth-order valence-electron chi connectivity index (χ4n) is 6.08. The number of aliphatic hydroxyl groups is 4. The standard InChI is InChI=1S/C39H48N4O14/c1-21(2)7-12-25-26(45)17-27(46)31-33(50)38(36(57-37(25)31)22-8-10-24(53-3)11-9-22)56-30(48)14-13-29(47)40-15-5-4-6-16-54-20-23-18-43(42-41-23)39-35(52)34(51)32(49)28(19-44)55-39/h7-11,17-18,28,32,34-35,39,44-46,49,51-52H,4-6,12-16,19-20H2,1-3H3,(H,40,47)/t28-,32-,34+,35-,39?/m1/s1. The van der Waals surface area contributed by atoms with Crippen molar-refractivity contribution < 1.29 is 63.6 Å². The van der Waals surface area contributed by atoms with Crippen LogP contribution in [0.3, 0.4) is 0 Å². The maximum atomic E-state index is 13.8. The second-order valence-electron chi connectivity index (χ2n) is 13.7. The van der Waals surface area contributed by atoms with E-state index in [1.807, 2.05) is 19.9 Å². The molecule has 1 fully saturated rings. The Hall–Kier alpha value is -5.37. The molecule has 18 nitrogen and oxygen atoms in total. The van der Waals surface area contributed by atoms with Crippen molar-refractivity contribution >= 4 is 22.8 Å². The van der Waals surface area contributed by atoms with Gasteiger partial charge < -0.3 is 59.3 Å². The van der Waals surface area contributed by atoms with Gasteiger partial charge >= 0.3 is 5.97 Å². The highest BCUT2D eigenvalue weighted by Crippen LogP contribution is 2.39. The van der Waals surface area contributed by atoms with Crippen molar-refractivity contribution in [2.75, 3.05) is 26.9 Å². The van der Waals surface area contributed by atoms with Gasteiger partial charge in [-0.1, -0.05) is 16.9 Å². The highest BCUT2D eigenvalue weighted by Gasteiger charge is 2.44. The lowest BCUT2D eigenvalue weighted by Gasteiger charge is -2.39. The molecule has 0 spiro atoms. The topological polar surface area (TPSA) is 265 Å². The van der Waals surface area contributed by atoms with Gasteiger partial charge in [0.1, 0.15) is 58.3 Å². The summed E-state index contributed by atoms with van der Waals surface area (Å²) in [6.07, 6.45) is -1.83. The molecule has 308 valence electrons. The average Bonchev–Trinajstić information content (AvgIpc) is 3.66. The highest BCUT2D eigenvalue weighted by molar-refractivity contribution is 5.92. The Kier molecular flexibility index (Phi) is 14.8. The zero-order valence-corrected chi connectivity index (χ0v) is 31.8. The number of hydrogen-bond acceptors (Lipinski definition) is 16. The van der Waals surface area contributed by atoms with Gasteiger partial charge in [-0.3, -0.25) is 14.4 Å². The van der Waals surface area contributed by atoms with E-state index < -0.39 is 66.1 Å². The number of methoxy groups -OCH3 is 1. The fraction of sp³-hybridized carbons (Fsp3) is 0.462. The Morgan fingerprint density at radius 3 is 2.46 bits per heavy atom. The van der Waals surface area contributed by atoms with Crippen LogP contribution in [-0.2, 0) is 32.1 Å². The van der Waals surface area contributed by atoms with E-state index in [0.717, 1.165) is 11.6 Å². The zero-order chi connectivity index (χ0) is 41.2.